The van der Waals surface area contributed by atoms with Crippen molar-refractivity contribution in [2.24, 2.45) is 29.6 Å². The third kappa shape index (κ3) is 3.41. The Kier molecular flexibility index (Phi) is 4.41. The first-order valence-corrected chi connectivity index (χ1v) is 12.5. The molecule has 0 aromatic heterocycles. The molecule has 25 heavy (non-hydrogen) atoms. The Morgan fingerprint density at radius 3 is 2.04 bits per heavy atom. The van der Waals surface area contributed by atoms with Crippen molar-refractivity contribution in [3.05, 3.63) is 0 Å². The molecule has 6 aliphatic rings. The molecule has 4 aliphatic carbocycles. The second kappa shape index (κ2) is 6.49. The highest BCUT2D eigenvalue weighted by Gasteiger charge is 2.50. The number of hydrogen-bond acceptors (Lipinski definition) is 4. The zero-order valence-corrected chi connectivity index (χ0v) is 16.3. The van der Waals surface area contributed by atoms with Gasteiger partial charge >= 0.3 is 0 Å². The van der Waals surface area contributed by atoms with Crippen LogP contribution in [0, 0.1) is 29.6 Å². The van der Waals surface area contributed by atoms with Gasteiger partial charge < -0.3 is 4.90 Å². The normalized spacial score (nSPS) is 46.7. The van der Waals surface area contributed by atoms with Gasteiger partial charge in [0.25, 0.3) is 0 Å². The van der Waals surface area contributed by atoms with Gasteiger partial charge in [-0.1, -0.05) is 0 Å². The highest BCUT2D eigenvalue weighted by Crippen LogP contribution is 2.55. The molecular formula is C20H34N2O2S. The molecule has 0 aromatic rings. The van der Waals surface area contributed by atoms with E-state index in [1.165, 1.54) is 51.9 Å². The van der Waals surface area contributed by atoms with Crippen LogP contribution in [0.25, 0.3) is 0 Å². The van der Waals surface area contributed by atoms with Gasteiger partial charge in [-0.05, 0) is 81.1 Å². The predicted molar refractivity (Wildman–Crippen MR) is 100 cm³/mol. The van der Waals surface area contributed by atoms with E-state index in [1.54, 1.807) is 6.42 Å². The highest BCUT2D eigenvalue weighted by molar-refractivity contribution is 7.91. The van der Waals surface area contributed by atoms with Crippen molar-refractivity contribution in [2.45, 2.75) is 51.0 Å². The minimum atomic E-state index is -2.71. The van der Waals surface area contributed by atoms with Gasteiger partial charge in [-0.2, -0.15) is 0 Å². The van der Waals surface area contributed by atoms with E-state index in [-0.39, 0.29) is 0 Å². The summed E-state index contributed by atoms with van der Waals surface area (Å²) in [6, 6.07) is 0.898. The molecule has 0 aromatic carbocycles. The van der Waals surface area contributed by atoms with Gasteiger partial charge in [0.2, 0.25) is 0 Å². The average molecular weight is 367 g/mol. The van der Waals surface area contributed by atoms with E-state index in [0.29, 0.717) is 17.4 Å². The van der Waals surface area contributed by atoms with Crippen LogP contribution in [0.4, 0.5) is 0 Å². The van der Waals surface area contributed by atoms with Gasteiger partial charge in [0.1, 0.15) is 0 Å². The van der Waals surface area contributed by atoms with Crippen LogP contribution in [0.2, 0.25) is 0 Å². The van der Waals surface area contributed by atoms with Gasteiger partial charge in [-0.15, -0.1) is 0 Å². The Morgan fingerprint density at radius 2 is 1.48 bits per heavy atom. The summed E-state index contributed by atoms with van der Waals surface area (Å²) in [4.78, 5) is 5.45. The molecule has 6 fully saturated rings. The third-order valence-corrected chi connectivity index (χ3v) is 10.0. The van der Waals surface area contributed by atoms with Crippen molar-refractivity contribution in [3.8, 4) is 0 Å². The maximum Gasteiger partial charge on any atom is 0.150 e. The first-order valence-electron chi connectivity index (χ1n) is 10.7. The predicted octanol–water partition coefficient (Wildman–Crippen LogP) is 2.25. The molecule has 4 saturated carbocycles. The van der Waals surface area contributed by atoms with Crippen LogP contribution in [0.1, 0.15) is 44.9 Å². The monoisotopic (exact) mass is 366 g/mol. The molecule has 0 amide bonds. The van der Waals surface area contributed by atoms with Crippen molar-refractivity contribution in [1.82, 2.24) is 9.80 Å². The standard InChI is InChI=1S/C20H34N2O2S/c23-25(24)8-2-15(14-25)1-3-21-4-6-22(7-5-21)20-18-10-16-9-17(12-18)13-19(20)11-16/h15-20H,1-14H2/t15-,16?,17?,18?,19?,20?/m0/s1. The molecule has 2 saturated heterocycles. The Balaban J connectivity index is 1.11. The molecule has 0 spiro atoms. The van der Waals surface area contributed by atoms with Crippen LogP contribution in [-0.2, 0) is 9.84 Å². The summed E-state index contributed by atoms with van der Waals surface area (Å²) in [6.45, 7) is 5.99. The second-order valence-corrected chi connectivity index (χ2v) is 12.1. The number of hydrogen-bond donors (Lipinski definition) is 0. The summed E-state index contributed by atoms with van der Waals surface area (Å²) < 4.78 is 23.2. The summed E-state index contributed by atoms with van der Waals surface area (Å²) in [5, 5.41) is 0. The lowest BCUT2D eigenvalue weighted by Crippen LogP contribution is -2.60. The van der Waals surface area contributed by atoms with Crippen LogP contribution in [0.3, 0.4) is 0 Å². The summed E-state index contributed by atoms with van der Waals surface area (Å²) in [7, 11) is -2.71. The van der Waals surface area contributed by atoms with E-state index in [1.807, 2.05) is 0 Å². The lowest BCUT2D eigenvalue weighted by molar-refractivity contribution is -0.0765. The summed E-state index contributed by atoms with van der Waals surface area (Å²) in [5.74, 6) is 5.45. The lowest BCUT2D eigenvalue weighted by atomic mass is 9.54. The van der Waals surface area contributed by atoms with E-state index in [2.05, 4.69) is 9.80 Å². The van der Waals surface area contributed by atoms with E-state index >= 15 is 0 Å². The van der Waals surface area contributed by atoms with Crippen molar-refractivity contribution in [3.63, 3.8) is 0 Å². The maximum atomic E-state index is 11.6. The zero-order valence-electron chi connectivity index (χ0n) is 15.5. The first-order chi connectivity index (χ1) is 12.1. The summed E-state index contributed by atoms with van der Waals surface area (Å²) in [6.07, 6.45) is 9.61. The van der Waals surface area contributed by atoms with Crippen molar-refractivity contribution < 1.29 is 8.42 Å². The van der Waals surface area contributed by atoms with Crippen molar-refractivity contribution >= 4 is 9.84 Å². The number of nitrogens with zero attached hydrogens (tertiary/aromatic N) is 2. The fraction of sp³-hybridized carbons (Fsp3) is 1.00. The van der Waals surface area contributed by atoms with E-state index in [4.69, 9.17) is 0 Å². The van der Waals surface area contributed by atoms with Gasteiger partial charge in [-0.25, -0.2) is 8.42 Å². The van der Waals surface area contributed by atoms with Gasteiger partial charge in [0.15, 0.2) is 9.84 Å². The van der Waals surface area contributed by atoms with E-state index in [9.17, 15) is 8.42 Å². The molecule has 142 valence electrons. The smallest absolute Gasteiger partial charge is 0.150 e. The molecule has 0 N–H and O–H groups in total. The topological polar surface area (TPSA) is 40.6 Å². The second-order valence-electron chi connectivity index (χ2n) is 9.86. The number of rotatable bonds is 4. The molecular weight excluding hydrogens is 332 g/mol. The fourth-order valence-corrected chi connectivity index (χ4v) is 9.15. The first kappa shape index (κ1) is 17.0. The largest absolute Gasteiger partial charge is 0.301 e. The molecule has 1 atom stereocenters. The zero-order chi connectivity index (χ0) is 17.0. The minimum absolute atomic E-state index is 0.424. The van der Waals surface area contributed by atoms with Gasteiger partial charge in [0, 0.05) is 32.2 Å². The SMILES string of the molecule is O=S1(=O)CC[C@H](CCN2CCN(C3C4CC5CC(C4)CC3C5)CC2)C1. The molecule has 0 unspecified atom stereocenters. The molecule has 5 heteroatoms. The van der Waals surface area contributed by atoms with Crippen LogP contribution in [-0.4, -0.2) is 68.5 Å². The Bertz CT molecular complexity index is 569. The quantitative estimate of drug-likeness (QED) is 0.765. The molecule has 2 heterocycles. The lowest BCUT2D eigenvalue weighted by Gasteiger charge is -2.58. The molecule has 4 bridgehead atoms. The van der Waals surface area contributed by atoms with Crippen molar-refractivity contribution in [2.75, 3.05) is 44.2 Å². The maximum absolute atomic E-state index is 11.6. The summed E-state index contributed by atoms with van der Waals surface area (Å²) >= 11 is 0. The molecule has 2 aliphatic heterocycles. The van der Waals surface area contributed by atoms with Crippen LogP contribution in [0.5, 0.6) is 0 Å². The molecule has 6 rings (SSSR count). The number of sulfone groups is 1. The highest BCUT2D eigenvalue weighted by atomic mass is 32.2. The van der Waals surface area contributed by atoms with Crippen molar-refractivity contribution in [1.29, 1.82) is 0 Å². The molecule has 0 radical (unpaired) electrons. The Labute approximate surface area is 153 Å². The van der Waals surface area contributed by atoms with E-state index < -0.39 is 9.84 Å². The minimum Gasteiger partial charge on any atom is -0.301 e. The van der Waals surface area contributed by atoms with Crippen LogP contribution in [0.15, 0.2) is 0 Å². The molecule has 4 nitrogen and oxygen atoms in total. The Hall–Kier alpha value is -0.130. The Morgan fingerprint density at radius 1 is 0.840 bits per heavy atom. The third-order valence-electron chi connectivity index (χ3n) is 8.19. The average Bonchev–Trinajstić information content (AvgIpc) is 2.92. The fourth-order valence-electron chi connectivity index (χ4n) is 7.24. The van der Waals surface area contributed by atoms with Gasteiger partial charge in [0.05, 0.1) is 11.5 Å². The van der Waals surface area contributed by atoms with Crippen LogP contribution >= 0.6 is 0 Å². The van der Waals surface area contributed by atoms with Crippen LogP contribution < -0.4 is 0 Å². The van der Waals surface area contributed by atoms with Gasteiger partial charge in [-0.3, -0.25) is 4.90 Å². The summed E-state index contributed by atoms with van der Waals surface area (Å²) in [5.41, 5.74) is 0. The number of piperazine rings is 1. The van der Waals surface area contributed by atoms with E-state index in [0.717, 1.165) is 49.1 Å².